The minimum absolute atomic E-state index is 0.0393. The van der Waals surface area contributed by atoms with Gasteiger partial charge in [-0.3, -0.25) is 4.79 Å². The third kappa shape index (κ3) is 1.93. The normalized spacial score (nSPS) is 14.8. The number of fused-ring (bicyclic) bond motifs is 1. The number of hydrogen-bond donors (Lipinski definition) is 1. The maximum absolute atomic E-state index is 13.1. The van der Waals surface area contributed by atoms with Crippen LogP contribution in [0.4, 0.5) is 15.8 Å². The van der Waals surface area contributed by atoms with Gasteiger partial charge in [0, 0.05) is 6.54 Å². The number of carbonyl (C=O) groups excluding carboxylic acids is 1. The van der Waals surface area contributed by atoms with Gasteiger partial charge in [-0.15, -0.1) is 0 Å². The lowest BCUT2D eigenvalue weighted by molar-refractivity contribution is -0.115. The Morgan fingerprint density at radius 3 is 3.07 bits per heavy atom. The molecular formula is C11H13FN2O. The zero-order chi connectivity index (χ0) is 10.8. The maximum atomic E-state index is 13.1. The molecule has 1 heterocycles. The average molecular weight is 208 g/mol. The first-order valence-electron chi connectivity index (χ1n) is 5.05. The first kappa shape index (κ1) is 9.96. The summed E-state index contributed by atoms with van der Waals surface area (Å²) >= 11 is 0. The molecule has 80 valence electrons. The fraction of sp³-hybridized carbons (Fsp3) is 0.364. The predicted molar refractivity (Wildman–Crippen MR) is 57.5 cm³/mol. The summed E-state index contributed by atoms with van der Waals surface area (Å²) in [6.45, 7) is 3.11. The molecule has 0 unspecified atom stereocenters. The van der Waals surface area contributed by atoms with Crippen molar-refractivity contribution in [3.8, 4) is 0 Å². The highest BCUT2D eigenvalue weighted by Gasteiger charge is 2.21. The average Bonchev–Trinajstić information content (AvgIpc) is 2.19. The SMILES string of the molecule is CCCN1CC(=O)Nc2ccc(F)cc21. The van der Waals surface area contributed by atoms with Crippen LogP contribution in [0.15, 0.2) is 18.2 Å². The van der Waals surface area contributed by atoms with E-state index in [2.05, 4.69) is 5.32 Å². The molecule has 1 aliphatic heterocycles. The molecule has 0 fully saturated rings. The van der Waals surface area contributed by atoms with E-state index in [9.17, 15) is 9.18 Å². The Kier molecular flexibility index (Phi) is 2.58. The van der Waals surface area contributed by atoms with Crippen LogP contribution >= 0.6 is 0 Å². The molecule has 2 rings (SSSR count). The fourth-order valence-electron chi connectivity index (χ4n) is 1.79. The van der Waals surface area contributed by atoms with E-state index in [0.717, 1.165) is 18.7 Å². The maximum Gasteiger partial charge on any atom is 0.243 e. The van der Waals surface area contributed by atoms with Crippen LogP contribution in [0.3, 0.4) is 0 Å². The van der Waals surface area contributed by atoms with Crippen LogP contribution in [0, 0.1) is 5.82 Å². The summed E-state index contributed by atoms with van der Waals surface area (Å²) in [7, 11) is 0. The van der Waals surface area contributed by atoms with Crippen molar-refractivity contribution in [2.24, 2.45) is 0 Å². The molecule has 0 spiro atoms. The second kappa shape index (κ2) is 3.88. The summed E-state index contributed by atoms with van der Waals surface area (Å²) in [5, 5.41) is 2.73. The predicted octanol–water partition coefficient (Wildman–Crippen LogP) is 1.99. The zero-order valence-corrected chi connectivity index (χ0v) is 8.59. The Hall–Kier alpha value is -1.58. The van der Waals surface area contributed by atoms with Crippen LogP contribution < -0.4 is 10.2 Å². The van der Waals surface area contributed by atoms with E-state index in [0.29, 0.717) is 12.2 Å². The molecule has 0 aliphatic carbocycles. The number of carbonyl (C=O) groups is 1. The van der Waals surface area contributed by atoms with E-state index in [4.69, 9.17) is 0 Å². The van der Waals surface area contributed by atoms with Gasteiger partial charge in [-0.2, -0.15) is 0 Å². The zero-order valence-electron chi connectivity index (χ0n) is 8.59. The number of amides is 1. The van der Waals surface area contributed by atoms with Crippen LogP contribution in [0.25, 0.3) is 0 Å². The van der Waals surface area contributed by atoms with Gasteiger partial charge in [-0.25, -0.2) is 4.39 Å². The molecule has 0 bridgehead atoms. The Balaban J connectivity index is 2.38. The van der Waals surface area contributed by atoms with Crippen LogP contribution in [0.5, 0.6) is 0 Å². The molecule has 0 saturated carbocycles. The van der Waals surface area contributed by atoms with Crippen molar-refractivity contribution in [3.63, 3.8) is 0 Å². The minimum Gasteiger partial charge on any atom is -0.360 e. The molecule has 1 aliphatic rings. The molecule has 0 saturated heterocycles. The van der Waals surface area contributed by atoms with Gasteiger partial charge in [-0.1, -0.05) is 6.92 Å². The highest BCUT2D eigenvalue weighted by Crippen LogP contribution is 2.29. The lowest BCUT2D eigenvalue weighted by Gasteiger charge is -2.30. The van der Waals surface area contributed by atoms with E-state index in [-0.39, 0.29) is 11.7 Å². The van der Waals surface area contributed by atoms with Crippen molar-refractivity contribution >= 4 is 17.3 Å². The molecule has 0 aromatic heterocycles. The van der Waals surface area contributed by atoms with Gasteiger partial charge in [0.2, 0.25) is 5.91 Å². The third-order valence-electron chi connectivity index (χ3n) is 2.40. The van der Waals surface area contributed by atoms with Gasteiger partial charge in [0.05, 0.1) is 17.9 Å². The van der Waals surface area contributed by atoms with E-state index >= 15 is 0 Å². The molecule has 4 heteroatoms. The van der Waals surface area contributed by atoms with Crippen molar-refractivity contribution < 1.29 is 9.18 Å². The largest absolute Gasteiger partial charge is 0.360 e. The summed E-state index contributed by atoms with van der Waals surface area (Å²) in [5.74, 6) is -0.312. The van der Waals surface area contributed by atoms with E-state index < -0.39 is 0 Å². The number of nitrogens with zero attached hydrogens (tertiary/aromatic N) is 1. The fourth-order valence-corrected chi connectivity index (χ4v) is 1.79. The summed E-state index contributed by atoms with van der Waals surface area (Å²) in [6.07, 6.45) is 0.934. The van der Waals surface area contributed by atoms with Crippen LogP contribution in [-0.2, 0) is 4.79 Å². The molecule has 1 N–H and O–H groups in total. The van der Waals surface area contributed by atoms with E-state index in [1.165, 1.54) is 12.1 Å². The van der Waals surface area contributed by atoms with Crippen molar-refractivity contribution in [2.45, 2.75) is 13.3 Å². The summed E-state index contributed by atoms with van der Waals surface area (Å²) in [5.41, 5.74) is 1.47. The van der Waals surface area contributed by atoms with Crippen LogP contribution in [-0.4, -0.2) is 19.0 Å². The first-order valence-corrected chi connectivity index (χ1v) is 5.05. The Labute approximate surface area is 87.9 Å². The van der Waals surface area contributed by atoms with Gasteiger partial charge in [0.1, 0.15) is 5.82 Å². The number of anilines is 2. The number of benzene rings is 1. The third-order valence-corrected chi connectivity index (χ3v) is 2.40. The molecule has 1 aromatic rings. The standard InChI is InChI=1S/C11H13FN2O/c1-2-5-14-7-11(15)13-9-4-3-8(12)6-10(9)14/h3-4,6H,2,5,7H2,1H3,(H,13,15). The first-order chi connectivity index (χ1) is 7.20. The second-order valence-electron chi connectivity index (χ2n) is 3.63. The number of nitrogens with one attached hydrogen (secondary N) is 1. The van der Waals surface area contributed by atoms with Crippen molar-refractivity contribution in [3.05, 3.63) is 24.0 Å². The van der Waals surface area contributed by atoms with Crippen molar-refractivity contribution in [2.75, 3.05) is 23.3 Å². The van der Waals surface area contributed by atoms with Gasteiger partial charge >= 0.3 is 0 Å². The van der Waals surface area contributed by atoms with Gasteiger partial charge < -0.3 is 10.2 Å². The smallest absolute Gasteiger partial charge is 0.243 e. The quantitative estimate of drug-likeness (QED) is 0.806. The molecular weight excluding hydrogens is 195 g/mol. The summed E-state index contributed by atoms with van der Waals surface area (Å²) in [6, 6.07) is 4.42. The number of rotatable bonds is 2. The van der Waals surface area contributed by atoms with Crippen molar-refractivity contribution in [1.29, 1.82) is 0 Å². The lowest BCUT2D eigenvalue weighted by atomic mass is 10.2. The summed E-state index contributed by atoms with van der Waals surface area (Å²) < 4.78 is 13.1. The Morgan fingerprint density at radius 1 is 1.53 bits per heavy atom. The minimum atomic E-state index is -0.272. The second-order valence-corrected chi connectivity index (χ2v) is 3.63. The topological polar surface area (TPSA) is 32.3 Å². The summed E-state index contributed by atoms with van der Waals surface area (Å²) in [4.78, 5) is 13.2. The Morgan fingerprint density at radius 2 is 2.33 bits per heavy atom. The molecule has 0 atom stereocenters. The number of halogens is 1. The molecule has 1 amide bonds. The van der Waals surface area contributed by atoms with Crippen molar-refractivity contribution in [1.82, 2.24) is 0 Å². The monoisotopic (exact) mass is 208 g/mol. The molecule has 0 radical (unpaired) electrons. The highest BCUT2D eigenvalue weighted by molar-refractivity contribution is 6.01. The van der Waals surface area contributed by atoms with Gasteiger partial charge in [-0.05, 0) is 24.6 Å². The van der Waals surface area contributed by atoms with Gasteiger partial charge in [0.25, 0.3) is 0 Å². The van der Waals surface area contributed by atoms with E-state index in [1.54, 1.807) is 6.07 Å². The number of hydrogen-bond acceptors (Lipinski definition) is 2. The van der Waals surface area contributed by atoms with Crippen LogP contribution in [0.1, 0.15) is 13.3 Å². The Bertz CT molecular complexity index is 392. The lowest BCUT2D eigenvalue weighted by Crippen LogP contribution is -2.38. The van der Waals surface area contributed by atoms with Crippen LogP contribution in [0.2, 0.25) is 0 Å². The molecule has 3 nitrogen and oxygen atoms in total. The van der Waals surface area contributed by atoms with E-state index in [1.807, 2.05) is 11.8 Å². The highest BCUT2D eigenvalue weighted by atomic mass is 19.1. The molecule has 15 heavy (non-hydrogen) atoms. The van der Waals surface area contributed by atoms with Gasteiger partial charge in [0.15, 0.2) is 0 Å². The molecule has 1 aromatic carbocycles.